The first-order chi connectivity index (χ1) is 20.8. The molecule has 7 nitrogen and oxygen atoms in total. The third-order valence-corrected chi connectivity index (χ3v) is 7.99. The van der Waals surface area contributed by atoms with Crippen LogP contribution >= 0.6 is 11.6 Å². The molecule has 1 amide bonds. The van der Waals surface area contributed by atoms with Crippen molar-refractivity contribution in [3.8, 4) is 17.2 Å². The number of benzene rings is 3. The van der Waals surface area contributed by atoms with E-state index in [1.807, 2.05) is 6.07 Å². The molecule has 226 valence electrons. The number of fused-ring (bicyclic) bond motifs is 1. The summed E-state index contributed by atoms with van der Waals surface area (Å²) in [5.74, 6) is -5.80. The molecule has 1 aliphatic carbocycles. The summed E-state index contributed by atoms with van der Waals surface area (Å²) in [5.41, 5.74) is -1.52. The number of carboxylic acid groups (broad SMARTS) is 1. The Morgan fingerprint density at radius 1 is 1.07 bits per heavy atom. The number of hydrogen-bond acceptors (Lipinski definition) is 5. The first kappa shape index (κ1) is 30.7. The molecule has 0 spiro atoms. The van der Waals surface area contributed by atoms with E-state index >= 15 is 0 Å². The topological polar surface area (TPSA) is 115 Å². The molecule has 13 heteroatoms. The minimum atomic E-state index is -4.66. The Kier molecular flexibility index (Phi) is 8.18. The molecule has 1 atom stereocenters. The van der Waals surface area contributed by atoms with Crippen LogP contribution in [-0.4, -0.2) is 39.7 Å². The molecular weight excluding hydrogens is 607 g/mol. The lowest BCUT2D eigenvalue weighted by Crippen LogP contribution is -2.56. The van der Waals surface area contributed by atoms with E-state index in [4.69, 9.17) is 16.9 Å². The van der Waals surface area contributed by atoms with Crippen molar-refractivity contribution in [2.45, 2.75) is 43.4 Å². The minimum absolute atomic E-state index is 0.270. The summed E-state index contributed by atoms with van der Waals surface area (Å²) >= 11 is 6.40. The number of rotatable bonds is 8. The first-order valence-electron chi connectivity index (χ1n) is 13.3. The fraction of sp³-hybridized carbons (Fsp3) is 0.226. The molecule has 1 aliphatic rings. The maximum absolute atomic E-state index is 14.9. The van der Waals surface area contributed by atoms with Crippen LogP contribution < -0.4 is 10.6 Å². The van der Waals surface area contributed by atoms with Gasteiger partial charge in [0.25, 0.3) is 5.91 Å². The van der Waals surface area contributed by atoms with E-state index in [0.717, 1.165) is 0 Å². The van der Waals surface area contributed by atoms with Gasteiger partial charge in [-0.2, -0.15) is 18.4 Å². The quantitative estimate of drug-likeness (QED) is 0.181. The smallest absolute Gasteiger partial charge is 0.411 e. The molecule has 44 heavy (non-hydrogen) atoms. The standard InChI is InChI=1S/C31H22ClF5N4O3/c32-22-11-16(15-38)4-6-20(22)21-7-5-17(19-3-1-10-39-27(19)21)12-25(29(43)44)40-28(42)26-23(33)13-18(14-24(26)34)41-30(8-2-9-30)31(35,36)37/h1,3-7,10-11,13-14,25,41H,2,8-9,12H2,(H,40,42)(H,43,44)/t25-/m0/s1. The van der Waals surface area contributed by atoms with Gasteiger partial charge in [0.05, 0.1) is 17.1 Å². The van der Waals surface area contributed by atoms with Crippen LogP contribution in [0.4, 0.5) is 27.6 Å². The second-order valence-electron chi connectivity index (χ2n) is 10.4. The predicted octanol–water partition coefficient (Wildman–Crippen LogP) is 7.03. The number of anilines is 1. The number of carboxylic acids is 1. The van der Waals surface area contributed by atoms with Gasteiger partial charge in [0.2, 0.25) is 0 Å². The van der Waals surface area contributed by atoms with Crippen molar-refractivity contribution >= 4 is 40.1 Å². The molecule has 0 unspecified atom stereocenters. The molecule has 3 N–H and O–H groups in total. The molecule has 0 radical (unpaired) electrons. The van der Waals surface area contributed by atoms with Crippen molar-refractivity contribution in [1.82, 2.24) is 10.3 Å². The van der Waals surface area contributed by atoms with Gasteiger partial charge >= 0.3 is 12.1 Å². The van der Waals surface area contributed by atoms with Crippen LogP contribution in [0, 0.1) is 23.0 Å². The third kappa shape index (κ3) is 5.75. The van der Waals surface area contributed by atoms with E-state index in [-0.39, 0.29) is 25.7 Å². The Hall–Kier alpha value is -4.76. The number of hydrogen-bond donors (Lipinski definition) is 3. The van der Waals surface area contributed by atoms with E-state index < -0.39 is 52.5 Å². The van der Waals surface area contributed by atoms with Crippen LogP contribution in [0.5, 0.6) is 0 Å². The number of carbonyl (C=O) groups excluding carboxylic acids is 1. The SMILES string of the molecule is N#Cc1ccc(-c2ccc(C[C@H](NC(=O)c3c(F)cc(NC4(C(F)(F)F)CCC4)cc3F)C(=O)O)c3cccnc23)c(Cl)c1. The molecule has 0 aliphatic heterocycles. The summed E-state index contributed by atoms with van der Waals surface area (Å²) in [7, 11) is 0. The number of amides is 1. The molecule has 1 aromatic heterocycles. The van der Waals surface area contributed by atoms with E-state index in [1.165, 1.54) is 12.3 Å². The fourth-order valence-electron chi connectivity index (χ4n) is 5.23. The molecule has 1 saturated carbocycles. The van der Waals surface area contributed by atoms with Crippen LogP contribution in [0.1, 0.15) is 40.7 Å². The Morgan fingerprint density at radius 3 is 2.32 bits per heavy atom. The van der Waals surface area contributed by atoms with Gasteiger partial charge in [-0.25, -0.2) is 13.6 Å². The number of alkyl halides is 3. The summed E-state index contributed by atoms with van der Waals surface area (Å²) in [5, 5.41) is 24.1. The van der Waals surface area contributed by atoms with E-state index in [1.54, 1.807) is 36.4 Å². The van der Waals surface area contributed by atoms with Gasteiger partial charge in [0.1, 0.15) is 28.8 Å². The lowest BCUT2D eigenvalue weighted by molar-refractivity contribution is -0.198. The van der Waals surface area contributed by atoms with Gasteiger partial charge in [0.15, 0.2) is 0 Å². The van der Waals surface area contributed by atoms with Crippen LogP contribution in [0.2, 0.25) is 5.02 Å². The van der Waals surface area contributed by atoms with Gasteiger partial charge in [-0.1, -0.05) is 35.9 Å². The zero-order valence-corrected chi connectivity index (χ0v) is 23.4. The van der Waals surface area contributed by atoms with Crippen molar-refractivity contribution in [3.05, 3.63) is 94.1 Å². The average molecular weight is 629 g/mol. The highest BCUT2D eigenvalue weighted by atomic mass is 35.5. The summed E-state index contributed by atoms with van der Waals surface area (Å²) < 4.78 is 70.4. The van der Waals surface area contributed by atoms with Crippen LogP contribution in [0.15, 0.2) is 60.8 Å². The van der Waals surface area contributed by atoms with Gasteiger partial charge in [0, 0.05) is 39.8 Å². The number of halogens is 6. The van der Waals surface area contributed by atoms with Crippen LogP contribution in [-0.2, 0) is 11.2 Å². The Morgan fingerprint density at radius 2 is 1.75 bits per heavy atom. The summed E-state index contributed by atoms with van der Waals surface area (Å²) in [6.07, 6.45) is -3.69. The van der Waals surface area contributed by atoms with E-state index in [9.17, 15) is 36.6 Å². The van der Waals surface area contributed by atoms with Crippen molar-refractivity contribution in [3.63, 3.8) is 0 Å². The number of aliphatic carboxylic acids is 1. The number of nitriles is 1. The van der Waals surface area contributed by atoms with Crippen LogP contribution in [0.3, 0.4) is 0 Å². The van der Waals surface area contributed by atoms with Gasteiger partial charge in [-0.3, -0.25) is 9.78 Å². The second-order valence-corrected chi connectivity index (χ2v) is 10.8. The summed E-state index contributed by atoms with van der Waals surface area (Å²) in [4.78, 5) is 29.4. The van der Waals surface area contributed by atoms with Gasteiger partial charge < -0.3 is 15.7 Å². The predicted molar refractivity (Wildman–Crippen MR) is 152 cm³/mol. The number of nitrogens with zero attached hydrogens (tertiary/aromatic N) is 2. The Balaban J connectivity index is 1.41. The highest BCUT2D eigenvalue weighted by Gasteiger charge is 2.58. The van der Waals surface area contributed by atoms with Crippen molar-refractivity contribution in [2.24, 2.45) is 0 Å². The monoisotopic (exact) mass is 628 g/mol. The summed E-state index contributed by atoms with van der Waals surface area (Å²) in [6, 6.07) is 12.8. The lowest BCUT2D eigenvalue weighted by atomic mass is 9.76. The average Bonchev–Trinajstić information content (AvgIpc) is 2.93. The van der Waals surface area contributed by atoms with Crippen molar-refractivity contribution in [1.29, 1.82) is 5.26 Å². The zero-order chi connectivity index (χ0) is 31.8. The van der Waals surface area contributed by atoms with Gasteiger partial charge in [-0.05, 0) is 55.2 Å². The molecule has 0 bridgehead atoms. The number of aromatic nitrogens is 1. The van der Waals surface area contributed by atoms with Crippen LogP contribution in [0.25, 0.3) is 22.0 Å². The lowest BCUT2D eigenvalue weighted by Gasteiger charge is -2.44. The molecular formula is C31H22ClF5N4O3. The highest BCUT2D eigenvalue weighted by Crippen LogP contribution is 2.47. The first-order valence-corrected chi connectivity index (χ1v) is 13.7. The largest absolute Gasteiger partial charge is 0.480 e. The molecule has 4 aromatic rings. The Labute approximate surface area is 252 Å². The maximum atomic E-state index is 14.9. The second kappa shape index (κ2) is 11.7. The van der Waals surface area contributed by atoms with Gasteiger partial charge in [-0.15, -0.1) is 0 Å². The normalized spacial score (nSPS) is 14.8. The highest BCUT2D eigenvalue weighted by molar-refractivity contribution is 6.33. The molecule has 1 fully saturated rings. The number of nitrogens with one attached hydrogen (secondary N) is 2. The van der Waals surface area contributed by atoms with E-state index in [0.29, 0.717) is 50.3 Å². The fourth-order valence-corrected chi connectivity index (χ4v) is 5.51. The Bertz CT molecular complexity index is 1810. The molecule has 1 heterocycles. The van der Waals surface area contributed by atoms with Crippen molar-refractivity contribution < 1.29 is 36.6 Å². The number of pyridine rings is 1. The van der Waals surface area contributed by atoms with E-state index in [2.05, 4.69) is 15.6 Å². The summed E-state index contributed by atoms with van der Waals surface area (Å²) in [6.45, 7) is 0. The molecule has 5 rings (SSSR count). The zero-order valence-electron chi connectivity index (χ0n) is 22.6. The molecule has 0 saturated heterocycles. The maximum Gasteiger partial charge on any atom is 0.411 e. The van der Waals surface area contributed by atoms with Crippen molar-refractivity contribution in [2.75, 3.05) is 5.32 Å². The third-order valence-electron chi connectivity index (χ3n) is 7.68. The minimum Gasteiger partial charge on any atom is -0.480 e. The number of carbonyl (C=O) groups is 2. The molecule has 3 aromatic carbocycles.